The molecule has 0 bridgehead atoms. The van der Waals surface area contributed by atoms with Crippen LogP contribution in [0.3, 0.4) is 0 Å². The molecule has 4 heteroatoms. The lowest BCUT2D eigenvalue weighted by Gasteiger charge is -2.23. The van der Waals surface area contributed by atoms with Crippen molar-refractivity contribution in [2.24, 2.45) is 5.92 Å². The summed E-state index contributed by atoms with van der Waals surface area (Å²) in [5.41, 5.74) is 0.799. The van der Waals surface area contributed by atoms with Crippen LogP contribution in [0.5, 0.6) is 0 Å². The summed E-state index contributed by atoms with van der Waals surface area (Å²) in [5.74, 6) is 0.469. The van der Waals surface area contributed by atoms with Crippen LogP contribution in [0.15, 0.2) is 29.2 Å². The minimum Gasteiger partial charge on any atom is -0.208 e. The minimum atomic E-state index is -3.40. The molecule has 1 N–H and O–H groups in total. The highest BCUT2D eigenvalue weighted by Crippen LogP contribution is 2.26. The van der Waals surface area contributed by atoms with Gasteiger partial charge in [0.25, 0.3) is 0 Å². The van der Waals surface area contributed by atoms with E-state index in [9.17, 15) is 8.42 Å². The standard InChI is InChI=1S/C16H25NO2S/c1-13-9-7-8-12-16(13)20(18,19)17-14(2)15-10-5-3-4-6-11-15/h7-9,12,14-15,17H,3-6,10-11H2,1-2H3/t14-/m1/s1. The summed E-state index contributed by atoms with van der Waals surface area (Å²) in [7, 11) is -3.40. The molecule has 0 radical (unpaired) electrons. The smallest absolute Gasteiger partial charge is 0.208 e. The van der Waals surface area contributed by atoms with Gasteiger partial charge in [-0.2, -0.15) is 0 Å². The summed E-state index contributed by atoms with van der Waals surface area (Å²) in [6.07, 6.45) is 7.29. The monoisotopic (exact) mass is 295 g/mol. The fourth-order valence-corrected chi connectivity index (χ4v) is 4.63. The van der Waals surface area contributed by atoms with Crippen molar-refractivity contribution in [2.75, 3.05) is 0 Å². The third-order valence-corrected chi connectivity index (χ3v) is 6.05. The number of hydrogen-bond donors (Lipinski definition) is 1. The zero-order valence-corrected chi connectivity index (χ0v) is 13.2. The van der Waals surface area contributed by atoms with E-state index in [1.165, 1.54) is 25.7 Å². The van der Waals surface area contributed by atoms with E-state index < -0.39 is 10.0 Å². The van der Waals surface area contributed by atoms with E-state index in [1.807, 2.05) is 26.0 Å². The summed E-state index contributed by atoms with van der Waals surface area (Å²) >= 11 is 0. The average Bonchev–Trinajstić information content (AvgIpc) is 2.67. The number of benzene rings is 1. The van der Waals surface area contributed by atoms with Gasteiger partial charge in [-0.1, -0.05) is 43.9 Å². The number of rotatable bonds is 4. The molecule has 0 spiro atoms. The Bertz CT molecular complexity index is 531. The second kappa shape index (κ2) is 6.72. The van der Waals surface area contributed by atoms with E-state index in [-0.39, 0.29) is 6.04 Å². The van der Waals surface area contributed by atoms with Gasteiger partial charge in [0.15, 0.2) is 0 Å². The Morgan fingerprint density at radius 1 is 1.10 bits per heavy atom. The first kappa shape index (κ1) is 15.5. The van der Waals surface area contributed by atoms with Gasteiger partial charge in [0.2, 0.25) is 10.0 Å². The van der Waals surface area contributed by atoms with Crippen molar-refractivity contribution in [1.29, 1.82) is 0 Å². The Morgan fingerprint density at radius 2 is 1.70 bits per heavy atom. The Balaban J connectivity index is 2.09. The molecule has 112 valence electrons. The van der Waals surface area contributed by atoms with Gasteiger partial charge >= 0.3 is 0 Å². The molecule has 1 saturated carbocycles. The summed E-state index contributed by atoms with van der Waals surface area (Å²) < 4.78 is 27.8. The topological polar surface area (TPSA) is 46.2 Å². The van der Waals surface area contributed by atoms with Crippen LogP contribution < -0.4 is 4.72 Å². The molecule has 1 aromatic carbocycles. The van der Waals surface area contributed by atoms with E-state index in [4.69, 9.17) is 0 Å². The molecule has 1 aromatic rings. The number of aryl methyl sites for hydroxylation is 1. The lowest BCUT2D eigenvalue weighted by atomic mass is 9.94. The number of hydrogen-bond acceptors (Lipinski definition) is 2. The van der Waals surface area contributed by atoms with Gasteiger partial charge in [0, 0.05) is 6.04 Å². The summed E-state index contributed by atoms with van der Waals surface area (Å²) in [6.45, 7) is 3.84. The molecular weight excluding hydrogens is 270 g/mol. The van der Waals surface area contributed by atoms with Gasteiger partial charge in [-0.05, 0) is 44.2 Å². The van der Waals surface area contributed by atoms with Crippen molar-refractivity contribution in [2.45, 2.75) is 63.3 Å². The molecule has 0 saturated heterocycles. The Kier molecular flexibility index (Phi) is 5.22. The molecule has 1 aliphatic carbocycles. The van der Waals surface area contributed by atoms with E-state index in [2.05, 4.69) is 4.72 Å². The summed E-state index contributed by atoms with van der Waals surface area (Å²) in [5, 5.41) is 0. The van der Waals surface area contributed by atoms with E-state index in [1.54, 1.807) is 12.1 Å². The van der Waals surface area contributed by atoms with Crippen LogP contribution >= 0.6 is 0 Å². The average molecular weight is 295 g/mol. The van der Waals surface area contributed by atoms with E-state index in [0.717, 1.165) is 18.4 Å². The first-order valence-electron chi connectivity index (χ1n) is 7.58. The molecule has 3 nitrogen and oxygen atoms in total. The lowest BCUT2D eigenvalue weighted by Crippen LogP contribution is -2.38. The second-order valence-corrected chi connectivity index (χ2v) is 7.61. The van der Waals surface area contributed by atoms with E-state index >= 15 is 0 Å². The van der Waals surface area contributed by atoms with Gasteiger partial charge in [-0.15, -0.1) is 0 Å². The molecule has 1 fully saturated rings. The molecule has 0 aromatic heterocycles. The van der Waals surface area contributed by atoms with Crippen LogP contribution in [-0.4, -0.2) is 14.5 Å². The third-order valence-electron chi connectivity index (χ3n) is 4.33. The quantitative estimate of drug-likeness (QED) is 0.862. The molecule has 0 aliphatic heterocycles. The Labute approximate surface area is 122 Å². The van der Waals surface area contributed by atoms with Crippen molar-refractivity contribution in [3.05, 3.63) is 29.8 Å². The van der Waals surface area contributed by atoms with Gasteiger partial charge in [0.1, 0.15) is 0 Å². The molecule has 0 unspecified atom stereocenters. The SMILES string of the molecule is Cc1ccccc1S(=O)(=O)N[C@H](C)C1CCCCCC1. The maximum atomic E-state index is 12.5. The third kappa shape index (κ3) is 3.83. The largest absolute Gasteiger partial charge is 0.241 e. The molecule has 0 amide bonds. The molecule has 20 heavy (non-hydrogen) atoms. The van der Waals surface area contributed by atoms with Crippen molar-refractivity contribution in [3.8, 4) is 0 Å². The maximum Gasteiger partial charge on any atom is 0.241 e. The van der Waals surface area contributed by atoms with Gasteiger partial charge < -0.3 is 0 Å². The summed E-state index contributed by atoms with van der Waals surface area (Å²) in [4.78, 5) is 0.403. The summed E-state index contributed by atoms with van der Waals surface area (Å²) in [6, 6.07) is 7.17. The first-order chi connectivity index (χ1) is 9.50. The molecule has 0 heterocycles. The zero-order valence-electron chi connectivity index (χ0n) is 12.4. The van der Waals surface area contributed by atoms with Gasteiger partial charge in [0.05, 0.1) is 4.90 Å². The Morgan fingerprint density at radius 3 is 2.30 bits per heavy atom. The second-order valence-electron chi connectivity index (χ2n) is 5.93. The number of nitrogens with one attached hydrogen (secondary N) is 1. The van der Waals surface area contributed by atoms with Crippen LogP contribution in [0, 0.1) is 12.8 Å². The van der Waals surface area contributed by atoms with Crippen LogP contribution in [0.4, 0.5) is 0 Å². The predicted molar refractivity (Wildman–Crippen MR) is 82.2 cm³/mol. The lowest BCUT2D eigenvalue weighted by molar-refractivity contribution is 0.370. The highest BCUT2D eigenvalue weighted by molar-refractivity contribution is 7.89. The van der Waals surface area contributed by atoms with Crippen molar-refractivity contribution in [1.82, 2.24) is 4.72 Å². The fraction of sp³-hybridized carbons (Fsp3) is 0.625. The van der Waals surface area contributed by atoms with Crippen LogP contribution in [-0.2, 0) is 10.0 Å². The fourth-order valence-electron chi connectivity index (χ4n) is 3.07. The van der Waals surface area contributed by atoms with E-state index in [0.29, 0.717) is 10.8 Å². The maximum absolute atomic E-state index is 12.5. The van der Waals surface area contributed by atoms with Crippen LogP contribution in [0.25, 0.3) is 0 Å². The van der Waals surface area contributed by atoms with Gasteiger partial charge in [-0.25, -0.2) is 13.1 Å². The van der Waals surface area contributed by atoms with Crippen LogP contribution in [0.1, 0.15) is 51.0 Å². The van der Waals surface area contributed by atoms with Crippen molar-refractivity contribution >= 4 is 10.0 Å². The zero-order chi connectivity index (χ0) is 14.6. The molecular formula is C16H25NO2S. The highest BCUT2D eigenvalue weighted by atomic mass is 32.2. The molecule has 1 aliphatic rings. The predicted octanol–water partition coefficient (Wildman–Crippen LogP) is 3.63. The normalized spacial score (nSPS) is 19.5. The van der Waals surface area contributed by atoms with Crippen LogP contribution in [0.2, 0.25) is 0 Å². The van der Waals surface area contributed by atoms with Crippen molar-refractivity contribution < 1.29 is 8.42 Å². The van der Waals surface area contributed by atoms with Crippen molar-refractivity contribution in [3.63, 3.8) is 0 Å². The Hall–Kier alpha value is -0.870. The highest BCUT2D eigenvalue weighted by Gasteiger charge is 2.25. The first-order valence-corrected chi connectivity index (χ1v) is 9.07. The molecule has 2 rings (SSSR count). The molecule has 1 atom stereocenters. The number of sulfonamides is 1. The van der Waals surface area contributed by atoms with Gasteiger partial charge in [-0.3, -0.25) is 0 Å². The minimum absolute atomic E-state index is 0.0118.